The lowest BCUT2D eigenvalue weighted by Gasteiger charge is -2.31. The van der Waals surface area contributed by atoms with Gasteiger partial charge in [0.2, 0.25) is 11.8 Å². The number of amides is 2. The van der Waals surface area contributed by atoms with Crippen molar-refractivity contribution in [3.8, 4) is 0 Å². The number of rotatable bonds is 10. The number of hydrogen-bond acceptors (Lipinski definition) is 2. The van der Waals surface area contributed by atoms with Gasteiger partial charge < -0.3 is 10.2 Å². The van der Waals surface area contributed by atoms with Crippen LogP contribution in [0.15, 0.2) is 78.9 Å². The molecule has 6 heteroatoms. The molecule has 0 spiro atoms. The second-order valence-electron chi connectivity index (χ2n) is 7.95. The standard InChI is InChI=1S/C27H28Cl2N2O2/c1-2-16-30-27(33)25(17-20-6-4-3-5-7-20)31(19-22-10-14-24(29)15-11-22)26(32)18-21-8-12-23(28)13-9-21/h3-15,25H,2,16-19H2,1H3,(H,30,33)/t25-/m0/s1. The van der Waals surface area contributed by atoms with Gasteiger partial charge in [0.15, 0.2) is 0 Å². The van der Waals surface area contributed by atoms with Gasteiger partial charge in [-0.15, -0.1) is 0 Å². The molecule has 1 atom stereocenters. The van der Waals surface area contributed by atoms with Crippen molar-refractivity contribution >= 4 is 35.0 Å². The number of carbonyl (C=O) groups is 2. The van der Waals surface area contributed by atoms with Crippen molar-refractivity contribution in [1.29, 1.82) is 0 Å². The number of carbonyl (C=O) groups excluding carboxylic acids is 2. The third-order valence-corrected chi connectivity index (χ3v) is 5.86. The van der Waals surface area contributed by atoms with Gasteiger partial charge in [0.05, 0.1) is 6.42 Å². The van der Waals surface area contributed by atoms with E-state index in [0.29, 0.717) is 29.6 Å². The molecule has 0 aromatic heterocycles. The molecule has 0 aliphatic carbocycles. The predicted molar refractivity (Wildman–Crippen MR) is 134 cm³/mol. The molecule has 0 bridgehead atoms. The Labute approximate surface area is 205 Å². The first kappa shape index (κ1) is 24.8. The lowest BCUT2D eigenvalue weighted by Crippen LogP contribution is -2.51. The quantitative estimate of drug-likeness (QED) is 0.402. The number of halogens is 2. The zero-order valence-electron chi connectivity index (χ0n) is 18.6. The van der Waals surface area contributed by atoms with E-state index in [0.717, 1.165) is 23.1 Å². The predicted octanol–water partition coefficient (Wildman–Crippen LogP) is 5.70. The summed E-state index contributed by atoms with van der Waals surface area (Å²) in [5.74, 6) is -0.279. The summed E-state index contributed by atoms with van der Waals surface area (Å²) in [7, 11) is 0. The van der Waals surface area contributed by atoms with E-state index in [4.69, 9.17) is 23.2 Å². The summed E-state index contributed by atoms with van der Waals surface area (Å²) in [5.41, 5.74) is 2.75. The van der Waals surface area contributed by atoms with Gasteiger partial charge in [0, 0.05) is 29.6 Å². The Hall–Kier alpha value is -2.82. The van der Waals surface area contributed by atoms with Crippen molar-refractivity contribution < 1.29 is 9.59 Å². The van der Waals surface area contributed by atoms with Gasteiger partial charge >= 0.3 is 0 Å². The van der Waals surface area contributed by atoms with Crippen LogP contribution in [0.3, 0.4) is 0 Å². The van der Waals surface area contributed by atoms with Crippen LogP contribution in [0.4, 0.5) is 0 Å². The minimum atomic E-state index is -0.644. The average Bonchev–Trinajstić information content (AvgIpc) is 2.83. The van der Waals surface area contributed by atoms with E-state index in [1.807, 2.05) is 61.5 Å². The second kappa shape index (κ2) is 12.4. The first-order chi connectivity index (χ1) is 16.0. The van der Waals surface area contributed by atoms with Gasteiger partial charge in [-0.05, 0) is 47.4 Å². The Morgan fingerprint density at radius 2 is 1.39 bits per heavy atom. The van der Waals surface area contributed by atoms with Gasteiger partial charge in [-0.25, -0.2) is 0 Å². The van der Waals surface area contributed by atoms with Crippen LogP contribution < -0.4 is 5.32 Å². The second-order valence-corrected chi connectivity index (χ2v) is 8.82. The molecule has 0 saturated carbocycles. The highest BCUT2D eigenvalue weighted by Crippen LogP contribution is 2.19. The van der Waals surface area contributed by atoms with Crippen LogP contribution in [0, 0.1) is 0 Å². The van der Waals surface area contributed by atoms with Crippen LogP contribution in [0.2, 0.25) is 10.0 Å². The molecule has 4 nitrogen and oxygen atoms in total. The molecule has 3 aromatic rings. The topological polar surface area (TPSA) is 49.4 Å². The van der Waals surface area contributed by atoms with E-state index in [1.165, 1.54) is 0 Å². The van der Waals surface area contributed by atoms with E-state index in [-0.39, 0.29) is 18.2 Å². The number of nitrogens with zero attached hydrogens (tertiary/aromatic N) is 1. The zero-order chi connectivity index (χ0) is 23.6. The largest absolute Gasteiger partial charge is 0.354 e. The molecule has 0 aliphatic rings. The van der Waals surface area contributed by atoms with Crippen LogP contribution in [0.25, 0.3) is 0 Å². The highest BCUT2D eigenvalue weighted by Gasteiger charge is 2.30. The normalized spacial score (nSPS) is 11.6. The van der Waals surface area contributed by atoms with Crippen molar-refractivity contribution in [1.82, 2.24) is 10.2 Å². The molecule has 0 fully saturated rings. The fraction of sp³-hybridized carbons (Fsp3) is 0.259. The first-order valence-electron chi connectivity index (χ1n) is 11.1. The summed E-state index contributed by atoms with van der Waals surface area (Å²) in [5, 5.41) is 4.22. The third kappa shape index (κ3) is 7.62. The third-order valence-electron chi connectivity index (χ3n) is 5.36. The van der Waals surface area contributed by atoms with E-state index >= 15 is 0 Å². The highest BCUT2D eigenvalue weighted by molar-refractivity contribution is 6.30. The number of nitrogens with one attached hydrogen (secondary N) is 1. The summed E-state index contributed by atoms with van der Waals surface area (Å²) in [6, 6.07) is 23.7. The van der Waals surface area contributed by atoms with Crippen LogP contribution in [0.5, 0.6) is 0 Å². The smallest absolute Gasteiger partial charge is 0.243 e. The molecule has 3 rings (SSSR count). The molecule has 0 unspecified atom stereocenters. The maximum Gasteiger partial charge on any atom is 0.243 e. The summed E-state index contributed by atoms with van der Waals surface area (Å²) in [6.07, 6.45) is 1.42. The van der Waals surface area contributed by atoms with Gasteiger partial charge in [0.25, 0.3) is 0 Å². The molecular formula is C27H28Cl2N2O2. The molecule has 0 aliphatic heterocycles. The molecule has 0 saturated heterocycles. The molecule has 0 radical (unpaired) electrons. The lowest BCUT2D eigenvalue weighted by molar-refractivity contribution is -0.140. The van der Waals surface area contributed by atoms with Crippen molar-refractivity contribution in [3.63, 3.8) is 0 Å². The Bertz CT molecular complexity index is 1040. The Balaban J connectivity index is 1.93. The van der Waals surface area contributed by atoms with Gasteiger partial charge in [-0.2, -0.15) is 0 Å². The number of hydrogen-bond donors (Lipinski definition) is 1. The van der Waals surface area contributed by atoms with Gasteiger partial charge in [-0.1, -0.05) is 84.7 Å². The van der Waals surface area contributed by atoms with Crippen molar-refractivity contribution in [2.75, 3.05) is 6.54 Å². The van der Waals surface area contributed by atoms with E-state index in [2.05, 4.69) is 5.32 Å². The van der Waals surface area contributed by atoms with E-state index in [1.54, 1.807) is 29.2 Å². The fourth-order valence-electron chi connectivity index (χ4n) is 3.58. The molecule has 2 amide bonds. The average molecular weight is 483 g/mol. The lowest BCUT2D eigenvalue weighted by atomic mass is 10.0. The van der Waals surface area contributed by atoms with Crippen molar-refractivity contribution in [2.45, 2.75) is 38.8 Å². The van der Waals surface area contributed by atoms with Crippen molar-refractivity contribution in [3.05, 3.63) is 106 Å². The summed E-state index contributed by atoms with van der Waals surface area (Å²) in [6.45, 7) is 2.87. The minimum absolute atomic E-state index is 0.125. The Morgan fingerprint density at radius 1 is 0.818 bits per heavy atom. The van der Waals surface area contributed by atoms with Gasteiger partial charge in [-0.3, -0.25) is 9.59 Å². The first-order valence-corrected chi connectivity index (χ1v) is 11.8. The van der Waals surface area contributed by atoms with E-state index < -0.39 is 6.04 Å². The number of benzene rings is 3. The molecule has 33 heavy (non-hydrogen) atoms. The monoisotopic (exact) mass is 482 g/mol. The summed E-state index contributed by atoms with van der Waals surface area (Å²) in [4.78, 5) is 28.5. The molecule has 3 aromatic carbocycles. The molecular weight excluding hydrogens is 455 g/mol. The van der Waals surface area contributed by atoms with E-state index in [9.17, 15) is 9.59 Å². The van der Waals surface area contributed by atoms with Gasteiger partial charge in [0.1, 0.15) is 6.04 Å². The fourth-order valence-corrected chi connectivity index (χ4v) is 3.84. The van der Waals surface area contributed by atoms with Crippen LogP contribution in [-0.2, 0) is 29.0 Å². The van der Waals surface area contributed by atoms with Crippen LogP contribution in [-0.4, -0.2) is 29.3 Å². The summed E-state index contributed by atoms with van der Waals surface area (Å²) >= 11 is 12.1. The van der Waals surface area contributed by atoms with Crippen LogP contribution in [0.1, 0.15) is 30.0 Å². The minimum Gasteiger partial charge on any atom is -0.354 e. The Morgan fingerprint density at radius 3 is 1.97 bits per heavy atom. The zero-order valence-corrected chi connectivity index (χ0v) is 20.1. The SMILES string of the molecule is CCCNC(=O)[C@H](Cc1ccccc1)N(Cc1ccc(Cl)cc1)C(=O)Cc1ccc(Cl)cc1. The molecule has 172 valence electrons. The van der Waals surface area contributed by atoms with Crippen LogP contribution >= 0.6 is 23.2 Å². The Kier molecular flexibility index (Phi) is 9.35. The summed E-state index contributed by atoms with van der Waals surface area (Å²) < 4.78 is 0. The highest BCUT2D eigenvalue weighted by atomic mass is 35.5. The maximum absolute atomic E-state index is 13.6. The van der Waals surface area contributed by atoms with Crippen molar-refractivity contribution in [2.24, 2.45) is 0 Å². The molecule has 0 heterocycles. The maximum atomic E-state index is 13.6. The molecule has 1 N–H and O–H groups in total.